The first-order valence-corrected chi connectivity index (χ1v) is 13.7. The van der Waals surface area contributed by atoms with Crippen molar-refractivity contribution in [1.82, 2.24) is 39.9 Å². The molecule has 2 aliphatic rings. The summed E-state index contributed by atoms with van der Waals surface area (Å²) in [6, 6.07) is 10.3. The van der Waals surface area contributed by atoms with Gasteiger partial charge in [-0.2, -0.15) is 0 Å². The van der Waals surface area contributed by atoms with E-state index >= 15 is 0 Å². The minimum absolute atomic E-state index is 0.254. The van der Waals surface area contributed by atoms with Crippen molar-refractivity contribution < 1.29 is 5.11 Å². The van der Waals surface area contributed by atoms with Crippen molar-refractivity contribution in [3.05, 3.63) is 69.5 Å². The smallest absolute Gasteiger partial charge is 0.325 e. The number of aliphatic hydroxyl groups is 1. The summed E-state index contributed by atoms with van der Waals surface area (Å²) in [5, 5.41) is 10.9. The van der Waals surface area contributed by atoms with Gasteiger partial charge in [0, 0.05) is 38.6 Å². The van der Waals surface area contributed by atoms with Crippen LogP contribution >= 0.6 is 0 Å². The van der Waals surface area contributed by atoms with Gasteiger partial charge in [-0.1, -0.05) is 30.3 Å². The van der Waals surface area contributed by atoms with E-state index in [2.05, 4.69) is 49.7 Å². The van der Waals surface area contributed by atoms with Crippen molar-refractivity contribution in [3.8, 4) is 0 Å². The Labute approximate surface area is 234 Å². The Balaban J connectivity index is 0.000000156. The maximum Gasteiger partial charge on any atom is 0.325 e. The lowest BCUT2D eigenvalue weighted by molar-refractivity contribution is 0.0164. The Morgan fingerprint density at radius 1 is 0.780 bits per heavy atom. The number of rotatable bonds is 4. The third-order valence-corrected chi connectivity index (χ3v) is 7.80. The van der Waals surface area contributed by atoms with Crippen molar-refractivity contribution in [3.63, 3.8) is 0 Å². The molecule has 0 radical (unpaired) electrons. The number of benzene rings is 1. The summed E-state index contributed by atoms with van der Waals surface area (Å²) in [7, 11) is 0. The Morgan fingerprint density at radius 2 is 1.29 bits per heavy atom. The van der Waals surface area contributed by atoms with Crippen LogP contribution in [0.2, 0.25) is 0 Å². The quantitative estimate of drug-likeness (QED) is 0.183. The predicted molar refractivity (Wildman–Crippen MR) is 155 cm³/mol. The Hall–Kier alpha value is -4.56. The molecule has 14 heteroatoms. The van der Waals surface area contributed by atoms with Gasteiger partial charge in [0.25, 0.3) is 0 Å². The third-order valence-electron chi connectivity index (χ3n) is 7.80. The van der Waals surface area contributed by atoms with Gasteiger partial charge in [-0.25, -0.2) is 29.5 Å². The van der Waals surface area contributed by atoms with Crippen LogP contribution in [-0.2, 0) is 6.42 Å². The largest absolute Gasteiger partial charge is 0.389 e. The van der Waals surface area contributed by atoms with Crippen molar-refractivity contribution in [1.29, 1.82) is 0 Å². The molecule has 2 fully saturated rings. The number of aromatic nitrogens is 8. The fourth-order valence-corrected chi connectivity index (χ4v) is 5.56. The molecule has 4 aromatic heterocycles. The first kappa shape index (κ1) is 26.7. The Bertz CT molecular complexity index is 1730. The lowest BCUT2D eigenvalue weighted by Crippen LogP contribution is -2.46. The minimum Gasteiger partial charge on any atom is -0.389 e. The average molecular weight is 560 g/mol. The summed E-state index contributed by atoms with van der Waals surface area (Å²) >= 11 is 0. The number of hydrogen-bond donors (Lipinski definition) is 6. The maximum atomic E-state index is 11.5. The van der Waals surface area contributed by atoms with Gasteiger partial charge in [0.05, 0.1) is 5.60 Å². The number of anilines is 2. The molecule has 0 saturated carbocycles. The van der Waals surface area contributed by atoms with Crippen LogP contribution in [0.3, 0.4) is 0 Å². The average Bonchev–Trinajstić information content (AvgIpc) is 3.55. The second-order valence-electron chi connectivity index (χ2n) is 10.7. The van der Waals surface area contributed by atoms with Crippen molar-refractivity contribution in [2.45, 2.75) is 43.7 Å². The predicted octanol–water partition coefficient (Wildman–Crippen LogP) is 0.794. The number of piperidine rings is 2. The van der Waals surface area contributed by atoms with Crippen LogP contribution in [-0.4, -0.2) is 82.8 Å². The lowest BCUT2D eigenvalue weighted by Gasteiger charge is -2.38. The summed E-state index contributed by atoms with van der Waals surface area (Å²) in [6.45, 7) is 3.09. The van der Waals surface area contributed by atoms with Gasteiger partial charge in [-0.3, -0.25) is 9.97 Å². The second kappa shape index (κ2) is 11.1. The van der Waals surface area contributed by atoms with E-state index in [4.69, 9.17) is 5.73 Å². The summed E-state index contributed by atoms with van der Waals surface area (Å²) in [6.07, 6.45) is 6.77. The van der Waals surface area contributed by atoms with Gasteiger partial charge in [0.15, 0.2) is 22.9 Å². The number of H-pyrrole nitrogens is 4. The molecule has 0 bridgehead atoms. The molecule has 214 valence electrons. The van der Waals surface area contributed by atoms with E-state index in [0.717, 1.165) is 37.3 Å². The summed E-state index contributed by atoms with van der Waals surface area (Å²) in [5.74, 6) is 1.49. The first-order chi connectivity index (χ1) is 19.9. The van der Waals surface area contributed by atoms with Crippen LogP contribution in [0.15, 0.2) is 52.6 Å². The number of aromatic amines is 4. The molecule has 0 atom stereocenters. The molecule has 0 unspecified atom stereocenters. The number of nitrogens with two attached hydrogens (primary N) is 1. The molecule has 7 rings (SSSR count). The molecule has 2 aliphatic heterocycles. The number of fused-ring (bicyclic) bond motifs is 2. The fraction of sp³-hybridized carbons (Fsp3) is 0.407. The summed E-state index contributed by atoms with van der Waals surface area (Å²) in [5.41, 5.74) is 8.13. The highest BCUT2D eigenvalue weighted by Gasteiger charge is 2.33. The van der Waals surface area contributed by atoms with E-state index in [1.165, 1.54) is 12.7 Å². The van der Waals surface area contributed by atoms with E-state index in [9.17, 15) is 14.7 Å². The molecule has 6 heterocycles. The maximum absolute atomic E-state index is 11.5. The molecule has 0 amide bonds. The van der Waals surface area contributed by atoms with Gasteiger partial charge >= 0.3 is 11.4 Å². The molecular weight excluding hydrogens is 526 g/mol. The van der Waals surface area contributed by atoms with E-state index in [0.29, 0.717) is 60.5 Å². The van der Waals surface area contributed by atoms with Crippen molar-refractivity contribution >= 4 is 34.0 Å². The number of nitrogens with zero attached hydrogens (tertiary/aromatic N) is 6. The standard InChI is InChI=1S/C17H19N5O2.C10H14N6O/c23-16-20-13-14(21-16)18-11-19-15(13)22-8-6-17(24,7-9-22)10-12-4-2-1-3-5-12;11-6-1-3-16(4-2-6)9-7-8(12-5-13-9)15-10(17)14-7/h1-5,11,24H,6-10H2,(H2,18,19,20,21,23);5-6H,1-4,11H2,(H2,12,13,14,15,17). The van der Waals surface area contributed by atoms with Gasteiger partial charge in [-0.05, 0) is 31.2 Å². The zero-order chi connectivity index (χ0) is 28.4. The summed E-state index contributed by atoms with van der Waals surface area (Å²) in [4.78, 5) is 54.4. The van der Waals surface area contributed by atoms with E-state index in [1.807, 2.05) is 30.3 Å². The molecule has 2 saturated heterocycles. The van der Waals surface area contributed by atoms with Gasteiger partial charge in [0.1, 0.15) is 23.7 Å². The molecule has 7 N–H and O–H groups in total. The summed E-state index contributed by atoms with van der Waals surface area (Å²) < 4.78 is 0. The van der Waals surface area contributed by atoms with E-state index < -0.39 is 5.60 Å². The van der Waals surface area contributed by atoms with Crippen LogP contribution in [0.25, 0.3) is 22.3 Å². The van der Waals surface area contributed by atoms with Gasteiger partial charge in [-0.15, -0.1) is 0 Å². The van der Waals surface area contributed by atoms with Crippen LogP contribution in [0.1, 0.15) is 31.2 Å². The fourth-order valence-electron chi connectivity index (χ4n) is 5.56. The van der Waals surface area contributed by atoms with Crippen molar-refractivity contribution in [2.75, 3.05) is 36.0 Å². The van der Waals surface area contributed by atoms with Crippen LogP contribution in [0.5, 0.6) is 0 Å². The topological polar surface area (TPSA) is 202 Å². The highest BCUT2D eigenvalue weighted by atomic mass is 16.3. The minimum atomic E-state index is -0.699. The second-order valence-corrected chi connectivity index (χ2v) is 10.7. The number of imidazole rings is 2. The monoisotopic (exact) mass is 559 g/mol. The highest BCUT2D eigenvalue weighted by Crippen LogP contribution is 2.30. The van der Waals surface area contributed by atoms with Crippen molar-refractivity contribution in [2.24, 2.45) is 5.73 Å². The zero-order valence-corrected chi connectivity index (χ0v) is 22.5. The number of nitrogens with one attached hydrogen (secondary N) is 4. The molecule has 0 aliphatic carbocycles. The molecular formula is C27H33N11O3. The highest BCUT2D eigenvalue weighted by molar-refractivity contribution is 5.83. The van der Waals surface area contributed by atoms with Crippen LogP contribution in [0, 0.1) is 0 Å². The molecule has 0 spiro atoms. The number of hydrogen-bond acceptors (Lipinski definition) is 10. The van der Waals surface area contributed by atoms with E-state index in [1.54, 1.807) is 0 Å². The Kier molecular flexibility index (Phi) is 7.24. The third kappa shape index (κ3) is 5.83. The zero-order valence-electron chi connectivity index (χ0n) is 22.5. The first-order valence-electron chi connectivity index (χ1n) is 13.7. The molecule has 1 aromatic carbocycles. The molecule has 14 nitrogen and oxygen atoms in total. The van der Waals surface area contributed by atoms with Crippen LogP contribution < -0.4 is 26.9 Å². The van der Waals surface area contributed by atoms with Crippen LogP contribution in [0.4, 0.5) is 11.6 Å². The molecule has 5 aromatic rings. The van der Waals surface area contributed by atoms with Gasteiger partial charge < -0.3 is 30.6 Å². The van der Waals surface area contributed by atoms with E-state index in [-0.39, 0.29) is 17.4 Å². The Morgan fingerprint density at radius 3 is 1.83 bits per heavy atom. The molecule has 41 heavy (non-hydrogen) atoms. The lowest BCUT2D eigenvalue weighted by atomic mass is 9.85. The van der Waals surface area contributed by atoms with Gasteiger partial charge in [0.2, 0.25) is 0 Å². The SMILES string of the molecule is NC1CCN(c2ncnc3[nH]c(=O)[nH]c23)CC1.O=c1[nH]c2ncnc(N3CCC(O)(Cc4ccccc4)CC3)c2[nH]1. The normalized spacial score (nSPS) is 17.5.